The van der Waals surface area contributed by atoms with E-state index in [1.165, 1.54) is 12.2 Å². The van der Waals surface area contributed by atoms with Gasteiger partial charge in [0.1, 0.15) is 5.75 Å². The van der Waals surface area contributed by atoms with Gasteiger partial charge in [-0.1, -0.05) is 45.1 Å². The van der Waals surface area contributed by atoms with Gasteiger partial charge in [-0.2, -0.15) is 8.78 Å². The molecular weight excluding hydrogens is 296 g/mol. The number of ether oxygens (including phenoxy) is 1. The Labute approximate surface area is 137 Å². The third-order valence-electron chi connectivity index (χ3n) is 3.65. The summed E-state index contributed by atoms with van der Waals surface area (Å²) < 4.78 is 32.7. The van der Waals surface area contributed by atoms with Crippen LogP contribution in [0.2, 0.25) is 0 Å². The van der Waals surface area contributed by atoms with E-state index >= 15 is 0 Å². The molecule has 1 N–H and O–H groups in total. The van der Waals surface area contributed by atoms with E-state index in [-0.39, 0.29) is 12.2 Å². The Hall–Kier alpha value is -1.68. The van der Waals surface area contributed by atoms with Crippen molar-refractivity contribution < 1.29 is 13.5 Å². The highest BCUT2D eigenvalue weighted by atomic mass is 19.3. The zero-order valence-corrected chi connectivity index (χ0v) is 14.0. The zero-order valence-electron chi connectivity index (χ0n) is 14.0. The van der Waals surface area contributed by atoms with Crippen LogP contribution in [-0.4, -0.2) is 12.5 Å². The molecule has 4 heteroatoms. The zero-order chi connectivity index (χ0) is 16.9. The van der Waals surface area contributed by atoms with Crippen molar-refractivity contribution in [2.24, 2.45) is 5.41 Å². The van der Waals surface area contributed by atoms with Crippen molar-refractivity contribution in [1.29, 1.82) is 0 Å². The summed E-state index contributed by atoms with van der Waals surface area (Å²) in [5.41, 5.74) is 1.42. The van der Waals surface area contributed by atoms with E-state index in [1.807, 2.05) is 12.1 Å². The minimum atomic E-state index is -2.93. The Morgan fingerprint density at radius 1 is 1.17 bits per heavy atom. The predicted octanol–water partition coefficient (Wildman–Crippen LogP) is 5.07. The van der Waals surface area contributed by atoms with Crippen LogP contribution >= 0.6 is 0 Å². The molecule has 23 heavy (non-hydrogen) atoms. The minimum Gasteiger partial charge on any atom is -0.455 e. The van der Waals surface area contributed by atoms with E-state index in [4.69, 9.17) is 4.74 Å². The summed E-state index contributed by atoms with van der Waals surface area (Å²) in [6.07, 6.45) is 5.16. The van der Waals surface area contributed by atoms with E-state index in [1.54, 1.807) is 18.2 Å². The molecule has 0 bridgehead atoms. The summed E-state index contributed by atoms with van der Waals surface area (Å²) in [6, 6.07) is 7.26. The van der Waals surface area contributed by atoms with Crippen LogP contribution in [0.5, 0.6) is 5.75 Å². The fourth-order valence-electron chi connectivity index (χ4n) is 2.20. The van der Waals surface area contributed by atoms with Gasteiger partial charge in [-0.15, -0.1) is 0 Å². The number of hydrogen-bond acceptors (Lipinski definition) is 2. The van der Waals surface area contributed by atoms with E-state index in [2.05, 4.69) is 26.1 Å². The fourth-order valence-corrected chi connectivity index (χ4v) is 2.20. The van der Waals surface area contributed by atoms with Gasteiger partial charge in [0.15, 0.2) is 5.76 Å². The number of alkyl halides is 2. The smallest absolute Gasteiger partial charge is 0.308 e. The van der Waals surface area contributed by atoms with Gasteiger partial charge in [-0.3, -0.25) is 0 Å². The Morgan fingerprint density at radius 2 is 1.87 bits per heavy atom. The number of hydrogen-bond donors (Lipinski definition) is 1. The first-order valence-corrected chi connectivity index (χ1v) is 7.99. The molecule has 0 aromatic heterocycles. The third-order valence-corrected chi connectivity index (χ3v) is 3.65. The largest absolute Gasteiger partial charge is 0.455 e. The van der Waals surface area contributed by atoms with Gasteiger partial charge >= 0.3 is 5.92 Å². The molecular formula is C19H25F2NO. The van der Waals surface area contributed by atoms with E-state index < -0.39 is 5.92 Å². The molecule has 1 aliphatic rings. The average molecular weight is 321 g/mol. The Kier molecular flexibility index (Phi) is 5.58. The molecule has 0 unspecified atom stereocenters. The average Bonchev–Trinajstić information content (AvgIpc) is 2.46. The van der Waals surface area contributed by atoms with Crippen LogP contribution in [0.4, 0.5) is 8.78 Å². The molecule has 1 aromatic rings. The molecule has 1 aliphatic carbocycles. The van der Waals surface area contributed by atoms with E-state index in [9.17, 15) is 8.78 Å². The molecule has 2 nitrogen and oxygen atoms in total. The second-order valence-electron chi connectivity index (χ2n) is 7.10. The SMILES string of the molecule is CC(C)(C)CCNCc1ccc(OC2=CC=CCC2(F)F)cc1. The normalized spacial score (nSPS) is 17.0. The van der Waals surface area contributed by atoms with Crippen LogP contribution in [0.3, 0.4) is 0 Å². The lowest BCUT2D eigenvalue weighted by Gasteiger charge is -2.21. The summed E-state index contributed by atoms with van der Waals surface area (Å²) >= 11 is 0. The van der Waals surface area contributed by atoms with Gasteiger partial charge in [0.05, 0.1) is 0 Å². The second-order valence-corrected chi connectivity index (χ2v) is 7.10. The van der Waals surface area contributed by atoms with Crippen molar-refractivity contribution >= 4 is 0 Å². The minimum absolute atomic E-state index is 0.295. The van der Waals surface area contributed by atoms with Crippen molar-refractivity contribution in [3.63, 3.8) is 0 Å². The van der Waals surface area contributed by atoms with Crippen LogP contribution in [0, 0.1) is 5.41 Å². The highest BCUT2D eigenvalue weighted by Gasteiger charge is 2.36. The number of nitrogens with one attached hydrogen (secondary N) is 1. The first-order valence-electron chi connectivity index (χ1n) is 7.99. The Balaban J connectivity index is 1.85. The molecule has 0 aliphatic heterocycles. The molecule has 0 saturated heterocycles. The highest BCUT2D eigenvalue weighted by molar-refractivity contribution is 5.31. The molecule has 2 rings (SSSR count). The lowest BCUT2D eigenvalue weighted by atomic mass is 9.92. The molecule has 126 valence electrons. The van der Waals surface area contributed by atoms with Crippen molar-refractivity contribution in [2.75, 3.05) is 6.54 Å². The van der Waals surface area contributed by atoms with Crippen molar-refractivity contribution in [1.82, 2.24) is 5.32 Å². The maximum atomic E-state index is 13.7. The molecule has 0 amide bonds. The highest BCUT2D eigenvalue weighted by Crippen LogP contribution is 2.33. The van der Waals surface area contributed by atoms with Crippen LogP contribution in [0.15, 0.2) is 48.3 Å². The summed E-state index contributed by atoms with van der Waals surface area (Å²) in [5.74, 6) is -2.79. The van der Waals surface area contributed by atoms with Crippen LogP contribution in [-0.2, 0) is 6.54 Å². The first kappa shape index (κ1) is 17.7. The van der Waals surface area contributed by atoms with Gasteiger partial charge in [0.2, 0.25) is 0 Å². The van der Waals surface area contributed by atoms with Gasteiger partial charge < -0.3 is 10.1 Å². The van der Waals surface area contributed by atoms with Crippen molar-refractivity contribution in [3.8, 4) is 5.75 Å². The molecule has 0 radical (unpaired) electrons. The summed E-state index contributed by atoms with van der Waals surface area (Å²) in [4.78, 5) is 0. The lowest BCUT2D eigenvalue weighted by molar-refractivity contribution is 0.00702. The number of benzene rings is 1. The summed E-state index contributed by atoms with van der Waals surface area (Å²) in [6.45, 7) is 8.36. The molecule has 0 fully saturated rings. The topological polar surface area (TPSA) is 21.3 Å². The maximum Gasteiger partial charge on any atom is 0.308 e. The van der Waals surface area contributed by atoms with Gasteiger partial charge in [0.25, 0.3) is 0 Å². The summed E-state index contributed by atoms with van der Waals surface area (Å²) in [5, 5.41) is 3.39. The number of rotatable bonds is 6. The van der Waals surface area contributed by atoms with Crippen molar-refractivity contribution in [3.05, 3.63) is 53.8 Å². The Bertz CT molecular complexity index is 568. The number of allylic oxidation sites excluding steroid dienone is 4. The van der Waals surface area contributed by atoms with Gasteiger partial charge in [0, 0.05) is 13.0 Å². The first-order chi connectivity index (χ1) is 10.8. The van der Waals surface area contributed by atoms with Crippen LogP contribution in [0.25, 0.3) is 0 Å². The van der Waals surface area contributed by atoms with Gasteiger partial charge in [-0.05, 0) is 42.2 Å². The fraction of sp³-hybridized carbons (Fsp3) is 0.474. The van der Waals surface area contributed by atoms with Crippen molar-refractivity contribution in [2.45, 2.75) is 46.1 Å². The van der Waals surface area contributed by atoms with E-state index in [0.29, 0.717) is 11.2 Å². The quantitative estimate of drug-likeness (QED) is 0.739. The molecule has 0 atom stereocenters. The van der Waals surface area contributed by atoms with E-state index in [0.717, 1.165) is 25.1 Å². The van der Waals surface area contributed by atoms with Gasteiger partial charge in [-0.25, -0.2) is 0 Å². The molecule has 0 spiro atoms. The Morgan fingerprint density at radius 3 is 2.48 bits per heavy atom. The monoisotopic (exact) mass is 321 g/mol. The third kappa shape index (κ3) is 5.79. The summed E-state index contributed by atoms with van der Waals surface area (Å²) in [7, 11) is 0. The van der Waals surface area contributed by atoms with Crippen LogP contribution < -0.4 is 10.1 Å². The molecule has 0 heterocycles. The standard InChI is InChI=1S/C19H25F2NO/c1-18(2,3)12-13-22-14-15-7-9-16(10-8-15)23-17-6-4-5-11-19(17,20)21/h4-10,22H,11-14H2,1-3H3. The lowest BCUT2D eigenvalue weighted by Crippen LogP contribution is -2.24. The second kappa shape index (κ2) is 7.26. The molecule has 1 aromatic carbocycles. The number of halogens is 2. The maximum absolute atomic E-state index is 13.7. The van der Waals surface area contributed by atoms with Crippen LogP contribution in [0.1, 0.15) is 39.2 Å². The molecule has 0 saturated carbocycles. The predicted molar refractivity (Wildman–Crippen MR) is 89.6 cm³/mol.